The summed E-state index contributed by atoms with van der Waals surface area (Å²) in [7, 11) is 0. The molecule has 6 heteroatoms. The first-order valence-corrected chi connectivity index (χ1v) is 7.56. The van der Waals surface area contributed by atoms with E-state index in [0.29, 0.717) is 21.6 Å². The minimum atomic E-state index is -0.191. The fraction of sp³-hybridized carbons (Fsp3) is 0.429. The van der Waals surface area contributed by atoms with Crippen LogP contribution in [0.3, 0.4) is 0 Å². The second-order valence-electron chi connectivity index (χ2n) is 4.67. The van der Waals surface area contributed by atoms with Crippen molar-refractivity contribution in [1.82, 2.24) is 10.2 Å². The Morgan fingerprint density at radius 1 is 1.40 bits per heavy atom. The van der Waals surface area contributed by atoms with E-state index in [2.05, 4.69) is 21.2 Å². The lowest BCUT2D eigenvalue weighted by atomic mass is 10.2. The highest BCUT2D eigenvalue weighted by Crippen LogP contribution is 2.23. The number of amides is 2. The Labute approximate surface area is 132 Å². The number of hydrogen-bond donors (Lipinski definition) is 1. The van der Waals surface area contributed by atoms with Crippen LogP contribution in [0.15, 0.2) is 22.7 Å². The molecule has 0 radical (unpaired) electrons. The van der Waals surface area contributed by atoms with E-state index in [1.165, 1.54) is 4.90 Å². The summed E-state index contributed by atoms with van der Waals surface area (Å²) in [6.07, 6.45) is 0. The van der Waals surface area contributed by atoms with E-state index in [1.54, 1.807) is 18.2 Å². The van der Waals surface area contributed by atoms with Gasteiger partial charge in [0.1, 0.15) is 0 Å². The van der Waals surface area contributed by atoms with E-state index in [9.17, 15) is 9.59 Å². The molecule has 0 aliphatic heterocycles. The molecule has 1 aromatic carbocycles. The van der Waals surface area contributed by atoms with Crippen molar-refractivity contribution < 1.29 is 9.59 Å². The van der Waals surface area contributed by atoms with Gasteiger partial charge in [-0.25, -0.2) is 0 Å². The number of carbonyl (C=O) groups excluding carboxylic acids is 2. The SMILES string of the molecule is CCN(CC(=O)NC(C)C)C(=O)c1ccc(Cl)c(Br)c1. The summed E-state index contributed by atoms with van der Waals surface area (Å²) >= 11 is 9.19. The summed E-state index contributed by atoms with van der Waals surface area (Å²) in [5, 5.41) is 3.31. The molecular weight excluding hydrogens is 344 g/mol. The molecule has 0 aliphatic carbocycles. The predicted octanol–water partition coefficient (Wildman–Crippen LogP) is 3.09. The number of nitrogens with one attached hydrogen (secondary N) is 1. The standard InChI is InChI=1S/C14H18BrClN2O2/c1-4-18(8-13(19)17-9(2)3)14(20)10-5-6-12(16)11(15)7-10/h5-7,9H,4,8H2,1-3H3,(H,17,19). The normalized spacial score (nSPS) is 10.5. The average molecular weight is 362 g/mol. The maximum atomic E-state index is 12.3. The van der Waals surface area contributed by atoms with E-state index >= 15 is 0 Å². The highest BCUT2D eigenvalue weighted by molar-refractivity contribution is 9.10. The smallest absolute Gasteiger partial charge is 0.254 e. The summed E-state index contributed by atoms with van der Waals surface area (Å²) < 4.78 is 0.660. The quantitative estimate of drug-likeness (QED) is 0.876. The van der Waals surface area contributed by atoms with Gasteiger partial charge >= 0.3 is 0 Å². The topological polar surface area (TPSA) is 49.4 Å². The number of benzene rings is 1. The molecule has 0 unspecified atom stereocenters. The highest BCUT2D eigenvalue weighted by Gasteiger charge is 2.18. The summed E-state index contributed by atoms with van der Waals surface area (Å²) in [6, 6.07) is 5.02. The monoisotopic (exact) mass is 360 g/mol. The van der Waals surface area contributed by atoms with Crippen molar-refractivity contribution in [2.45, 2.75) is 26.8 Å². The van der Waals surface area contributed by atoms with Gasteiger partial charge in [-0.3, -0.25) is 9.59 Å². The molecule has 0 aromatic heterocycles. The number of likely N-dealkylation sites (N-methyl/N-ethyl adjacent to an activating group) is 1. The van der Waals surface area contributed by atoms with Crippen LogP contribution in [0.25, 0.3) is 0 Å². The second-order valence-corrected chi connectivity index (χ2v) is 5.93. The maximum absolute atomic E-state index is 12.3. The molecule has 0 bridgehead atoms. The molecule has 0 atom stereocenters. The molecule has 0 heterocycles. The molecule has 4 nitrogen and oxygen atoms in total. The van der Waals surface area contributed by atoms with E-state index in [1.807, 2.05) is 20.8 Å². The first-order chi connectivity index (χ1) is 9.35. The van der Waals surface area contributed by atoms with Gasteiger partial charge in [-0.1, -0.05) is 11.6 Å². The fourth-order valence-electron chi connectivity index (χ4n) is 1.68. The molecule has 0 saturated carbocycles. The molecule has 2 amide bonds. The van der Waals surface area contributed by atoms with Crippen LogP contribution in [-0.4, -0.2) is 35.8 Å². The highest BCUT2D eigenvalue weighted by atomic mass is 79.9. The molecule has 1 N–H and O–H groups in total. The molecule has 110 valence electrons. The van der Waals surface area contributed by atoms with E-state index < -0.39 is 0 Å². The van der Waals surface area contributed by atoms with Gasteiger partial charge in [0, 0.05) is 22.6 Å². The second kappa shape index (κ2) is 7.64. The van der Waals surface area contributed by atoms with E-state index in [-0.39, 0.29) is 24.4 Å². The van der Waals surface area contributed by atoms with Gasteiger partial charge in [-0.05, 0) is 54.9 Å². The Hall–Kier alpha value is -1.07. The third-order valence-corrected chi connectivity index (χ3v) is 3.83. The van der Waals surface area contributed by atoms with Crippen LogP contribution >= 0.6 is 27.5 Å². The third kappa shape index (κ3) is 4.80. The molecule has 0 saturated heterocycles. The number of halogens is 2. The van der Waals surface area contributed by atoms with Crippen LogP contribution in [0.4, 0.5) is 0 Å². The first kappa shape index (κ1) is 17.0. The van der Waals surface area contributed by atoms with Crippen LogP contribution in [-0.2, 0) is 4.79 Å². The van der Waals surface area contributed by atoms with Crippen molar-refractivity contribution in [2.75, 3.05) is 13.1 Å². The van der Waals surface area contributed by atoms with Gasteiger partial charge in [-0.2, -0.15) is 0 Å². The summed E-state index contributed by atoms with van der Waals surface area (Å²) in [4.78, 5) is 25.6. The van der Waals surface area contributed by atoms with Crippen molar-refractivity contribution in [2.24, 2.45) is 0 Å². The summed E-state index contributed by atoms with van der Waals surface area (Å²) in [6.45, 7) is 6.11. The minimum absolute atomic E-state index is 0.0494. The van der Waals surface area contributed by atoms with E-state index in [0.717, 1.165) is 0 Å². The Morgan fingerprint density at radius 2 is 2.05 bits per heavy atom. The van der Waals surface area contributed by atoms with Crippen molar-refractivity contribution in [1.29, 1.82) is 0 Å². The zero-order valence-electron chi connectivity index (χ0n) is 11.7. The number of rotatable bonds is 5. The Kier molecular flexibility index (Phi) is 6.49. The molecule has 20 heavy (non-hydrogen) atoms. The van der Waals surface area contributed by atoms with Gasteiger partial charge in [-0.15, -0.1) is 0 Å². The number of carbonyl (C=O) groups is 2. The first-order valence-electron chi connectivity index (χ1n) is 6.38. The third-order valence-electron chi connectivity index (χ3n) is 2.62. The zero-order valence-corrected chi connectivity index (χ0v) is 14.1. The molecule has 1 aromatic rings. The predicted molar refractivity (Wildman–Crippen MR) is 84.0 cm³/mol. The van der Waals surface area contributed by atoms with Crippen molar-refractivity contribution >= 4 is 39.3 Å². The summed E-state index contributed by atoms with van der Waals surface area (Å²) in [5.41, 5.74) is 0.500. The van der Waals surface area contributed by atoms with Crippen LogP contribution < -0.4 is 5.32 Å². The molecule has 1 rings (SSSR count). The molecule has 0 spiro atoms. The Bertz CT molecular complexity index is 506. The van der Waals surface area contributed by atoms with Crippen molar-refractivity contribution in [3.63, 3.8) is 0 Å². The van der Waals surface area contributed by atoms with Crippen LogP contribution in [0.1, 0.15) is 31.1 Å². The summed E-state index contributed by atoms with van der Waals surface area (Å²) in [5.74, 6) is -0.355. The minimum Gasteiger partial charge on any atom is -0.352 e. The van der Waals surface area contributed by atoms with Crippen LogP contribution in [0, 0.1) is 0 Å². The Morgan fingerprint density at radius 3 is 2.55 bits per heavy atom. The zero-order chi connectivity index (χ0) is 15.3. The van der Waals surface area contributed by atoms with Gasteiger partial charge in [0.15, 0.2) is 0 Å². The van der Waals surface area contributed by atoms with Crippen LogP contribution in [0.5, 0.6) is 0 Å². The Balaban J connectivity index is 2.81. The number of nitrogens with zero attached hydrogens (tertiary/aromatic N) is 1. The van der Waals surface area contributed by atoms with Gasteiger partial charge < -0.3 is 10.2 Å². The maximum Gasteiger partial charge on any atom is 0.254 e. The number of hydrogen-bond acceptors (Lipinski definition) is 2. The molecular formula is C14H18BrClN2O2. The lowest BCUT2D eigenvalue weighted by Crippen LogP contribution is -2.42. The molecule has 0 fully saturated rings. The fourth-order valence-corrected chi connectivity index (χ4v) is 2.18. The van der Waals surface area contributed by atoms with Gasteiger partial charge in [0.05, 0.1) is 11.6 Å². The largest absolute Gasteiger partial charge is 0.352 e. The van der Waals surface area contributed by atoms with Crippen LogP contribution in [0.2, 0.25) is 5.02 Å². The molecule has 0 aliphatic rings. The lowest BCUT2D eigenvalue weighted by molar-refractivity contribution is -0.122. The lowest BCUT2D eigenvalue weighted by Gasteiger charge is -2.21. The average Bonchev–Trinajstić information content (AvgIpc) is 2.37. The van der Waals surface area contributed by atoms with E-state index in [4.69, 9.17) is 11.6 Å². The van der Waals surface area contributed by atoms with Gasteiger partial charge in [0.2, 0.25) is 5.91 Å². The van der Waals surface area contributed by atoms with Crippen molar-refractivity contribution in [3.05, 3.63) is 33.3 Å². The van der Waals surface area contributed by atoms with Gasteiger partial charge in [0.25, 0.3) is 5.91 Å². The van der Waals surface area contributed by atoms with Crippen molar-refractivity contribution in [3.8, 4) is 0 Å².